The molecular weight excluding hydrogens is 388 g/mol. The number of anilines is 1. The molecule has 0 atom stereocenters. The highest BCUT2D eigenvalue weighted by Gasteiger charge is 2.23. The minimum Gasteiger partial charge on any atom is -0.368 e. The molecule has 6 nitrogen and oxygen atoms in total. The standard InChI is InChI=1S/C25H28N4O2/c1-17(30)29-12-10-18(11-13-29)20-8-9-23(22(14-20)19-6-4-3-5-7-19)28-25(31)24-15-21(26-2)16-27-24/h6,8-9,14-16,18,27H,3-5,7,10-13H2,1H3,(H,28,31). The van der Waals surface area contributed by atoms with Crippen molar-refractivity contribution < 1.29 is 9.59 Å². The first kappa shape index (κ1) is 20.9. The minimum absolute atomic E-state index is 0.148. The van der Waals surface area contributed by atoms with Crippen molar-refractivity contribution in [1.29, 1.82) is 0 Å². The monoisotopic (exact) mass is 416 g/mol. The van der Waals surface area contributed by atoms with Gasteiger partial charge in [-0.3, -0.25) is 9.59 Å². The van der Waals surface area contributed by atoms with E-state index in [1.54, 1.807) is 19.2 Å². The summed E-state index contributed by atoms with van der Waals surface area (Å²) in [6.45, 7) is 10.3. The number of hydrogen-bond acceptors (Lipinski definition) is 2. The Morgan fingerprint density at radius 1 is 1.19 bits per heavy atom. The Morgan fingerprint density at radius 2 is 2.00 bits per heavy atom. The SMILES string of the molecule is [C-]#[N+]c1c[nH]c(C(=O)Nc2ccc(C3CCN(C(C)=O)CC3)cc2C2=CCCCC2)c1. The van der Waals surface area contributed by atoms with Crippen LogP contribution in [0.5, 0.6) is 0 Å². The maximum atomic E-state index is 12.8. The lowest BCUT2D eigenvalue weighted by Crippen LogP contribution is -2.36. The van der Waals surface area contributed by atoms with Crippen LogP contribution < -0.4 is 5.32 Å². The normalized spacial score (nSPS) is 17.0. The summed E-state index contributed by atoms with van der Waals surface area (Å²) in [4.78, 5) is 32.6. The number of nitrogens with zero attached hydrogens (tertiary/aromatic N) is 2. The molecule has 0 unspecified atom stereocenters. The maximum Gasteiger partial charge on any atom is 0.270 e. The highest BCUT2D eigenvalue weighted by atomic mass is 16.2. The molecule has 0 radical (unpaired) electrons. The lowest BCUT2D eigenvalue weighted by molar-refractivity contribution is -0.129. The summed E-state index contributed by atoms with van der Waals surface area (Å²) in [7, 11) is 0. The number of aromatic amines is 1. The topological polar surface area (TPSA) is 69.6 Å². The van der Waals surface area contributed by atoms with Gasteiger partial charge < -0.3 is 15.2 Å². The molecule has 160 valence electrons. The van der Waals surface area contributed by atoms with Crippen LogP contribution in [0.1, 0.15) is 73.0 Å². The molecule has 0 bridgehead atoms. The number of rotatable bonds is 4. The Balaban J connectivity index is 1.59. The Kier molecular flexibility index (Phi) is 6.22. The van der Waals surface area contributed by atoms with Gasteiger partial charge in [-0.25, -0.2) is 4.85 Å². The number of benzene rings is 1. The van der Waals surface area contributed by atoms with E-state index in [1.165, 1.54) is 17.6 Å². The van der Waals surface area contributed by atoms with Crippen LogP contribution in [-0.4, -0.2) is 34.8 Å². The summed E-state index contributed by atoms with van der Waals surface area (Å²) in [6.07, 6.45) is 10.2. The molecule has 4 rings (SSSR count). The van der Waals surface area contributed by atoms with Crippen molar-refractivity contribution >= 4 is 28.8 Å². The van der Waals surface area contributed by atoms with Gasteiger partial charge in [0.05, 0.1) is 12.3 Å². The van der Waals surface area contributed by atoms with E-state index in [2.05, 4.69) is 33.4 Å². The third-order valence-electron chi connectivity index (χ3n) is 6.38. The minimum atomic E-state index is -0.241. The van der Waals surface area contributed by atoms with Gasteiger partial charge in [-0.05, 0) is 73.8 Å². The Labute approximate surface area is 183 Å². The molecule has 31 heavy (non-hydrogen) atoms. The zero-order chi connectivity index (χ0) is 21.8. The molecule has 2 N–H and O–H groups in total. The van der Waals surface area contributed by atoms with Crippen molar-refractivity contribution in [2.75, 3.05) is 18.4 Å². The number of aromatic nitrogens is 1. The van der Waals surface area contributed by atoms with Gasteiger partial charge in [0.25, 0.3) is 5.91 Å². The van der Waals surface area contributed by atoms with E-state index in [0.717, 1.165) is 56.4 Å². The first-order chi connectivity index (χ1) is 15.0. The summed E-state index contributed by atoms with van der Waals surface area (Å²) >= 11 is 0. The number of carbonyl (C=O) groups excluding carboxylic acids is 2. The van der Waals surface area contributed by atoms with E-state index < -0.39 is 0 Å². The Bertz CT molecular complexity index is 1050. The summed E-state index contributed by atoms with van der Waals surface area (Å²) in [5, 5.41) is 3.05. The van der Waals surface area contributed by atoms with Gasteiger partial charge >= 0.3 is 0 Å². The molecule has 1 aliphatic carbocycles. The molecule has 2 amide bonds. The van der Waals surface area contributed by atoms with Crippen molar-refractivity contribution in [2.45, 2.75) is 51.4 Å². The largest absolute Gasteiger partial charge is 0.368 e. The Morgan fingerprint density at radius 3 is 2.65 bits per heavy atom. The zero-order valence-corrected chi connectivity index (χ0v) is 17.9. The van der Waals surface area contributed by atoms with E-state index >= 15 is 0 Å². The lowest BCUT2D eigenvalue weighted by Gasteiger charge is -2.32. The smallest absolute Gasteiger partial charge is 0.270 e. The number of nitrogens with one attached hydrogen (secondary N) is 2. The van der Waals surface area contributed by atoms with E-state index in [1.807, 2.05) is 11.0 Å². The van der Waals surface area contributed by atoms with Crippen molar-refractivity contribution in [3.63, 3.8) is 0 Å². The fraction of sp³-hybridized carbons (Fsp3) is 0.400. The molecule has 1 fully saturated rings. The van der Waals surface area contributed by atoms with Crippen LogP contribution in [0, 0.1) is 6.57 Å². The second kappa shape index (κ2) is 9.22. The second-order valence-electron chi connectivity index (χ2n) is 8.40. The Hall–Kier alpha value is -3.33. The summed E-state index contributed by atoms with van der Waals surface area (Å²) < 4.78 is 0. The average Bonchev–Trinajstić information content (AvgIpc) is 3.29. The number of hydrogen-bond donors (Lipinski definition) is 2. The maximum absolute atomic E-state index is 12.8. The third kappa shape index (κ3) is 4.72. The van der Waals surface area contributed by atoms with Crippen LogP contribution in [0.25, 0.3) is 10.4 Å². The van der Waals surface area contributed by atoms with Crippen molar-refractivity contribution in [3.8, 4) is 0 Å². The molecular formula is C25H28N4O2. The van der Waals surface area contributed by atoms with Crippen LogP contribution in [0.15, 0.2) is 36.5 Å². The van der Waals surface area contributed by atoms with Gasteiger partial charge in [-0.1, -0.05) is 12.1 Å². The molecule has 0 spiro atoms. The second-order valence-corrected chi connectivity index (χ2v) is 8.40. The highest BCUT2D eigenvalue weighted by molar-refractivity contribution is 6.05. The number of piperidine rings is 1. The van der Waals surface area contributed by atoms with Gasteiger partial charge in [-0.15, -0.1) is 0 Å². The van der Waals surface area contributed by atoms with E-state index in [0.29, 0.717) is 17.3 Å². The zero-order valence-electron chi connectivity index (χ0n) is 17.9. The van der Waals surface area contributed by atoms with Gasteiger partial charge in [0, 0.05) is 37.5 Å². The van der Waals surface area contributed by atoms with Gasteiger partial charge in [-0.2, -0.15) is 0 Å². The van der Waals surface area contributed by atoms with Crippen molar-refractivity contribution in [2.24, 2.45) is 0 Å². The molecule has 2 aromatic rings. The average molecular weight is 417 g/mol. The molecule has 6 heteroatoms. The third-order valence-corrected chi connectivity index (χ3v) is 6.38. The van der Waals surface area contributed by atoms with Crippen LogP contribution in [0.2, 0.25) is 0 Å². The van der Waals surface area contributed by atoms with Gasteiger partial charge in [0.2, 0.25) is 11.6 Å². The first-order valence-electron chi connectivity index (χ1n) is 11.0. The fourth-order valence-corrected chi connectivity index (χ4v) is 4.57. The first-order valence-corrected chi connectivity index (χ1v) is 11.0. The molecule has 2 heterocycles. The molecule has 1 saturated heterocycles. The predicted molar refractivity (Wildman–Crippen MR) is 122 cm³/mol. The number of likely N-dealkylation sites (tertiary alicyclic amines) is 1. The van der Waals surface area contributed by atoms with Crippen LogP contribution >= 0.6 is 0 Å². The van der Waals surface area contributed by atoms with Gasteiger partial charge in [0.1, 0.15) is 0 Å². The van der Waals surface area contributed by atoms with Crippen molar-refractivity contribution in [3.05, 3.63) is 64.8 Å². The summed E-state index contributed by atoms with van der Waals surface area (Å²) in [6, 6.07) is 7.92. The predicted octanol–water partition coefficient (Wildman–Crippen LogP) is 5.50. The summed E-state index contributed by atoms with van der Waals surface area (Å²) in [5.41, 5.74) is 5.28. The molecule has 1 aromatic heterocycles. The number of amides is 2. The van der Waals surface area contributed by atoms with Crippen LogP contribution in [0.4, 0.5) is 11.4 Å². The van der Waals surface area contributed by atoms with Crippen LogP contribution in [0.3, 0.4) is 0 Å². The number of allylic oxidation sites excluding steroid dienone is 2. The van der Waals surface area contributed by atoms with Crippen molar-refractivity contribution in [1.82, 2.24) is 9.88 Å². The van der Waals surface area contributed by atoms with Crippen LogP contribution in [-0.2, 0) is 4.79 Å². The molecule has 2 aliphatic rings. The highest BCUT2D eigenvalue weighted by Crippen LogP contribution is 2.36. The fourth-order valence-electron chi connectivity index (χ4n) is 4.57. The van der Waals surface area contributed by atoms with Gasteiger partial charge in [0.15, 0.2) is 0 Å². The van der Waals surface area contributed by atoms with E-state index in [-0.39, 0.29) is 11.8 Å². The summed E-state index contributed by atoms with van der Waals surface area (Å²) in [5.74, 6) is 0.332. The number of carbonyl (C=O) groups is 2. The van der Waals surface area contributed by atoms with E-state index in [9.17, 15) is 9.59 Å². The molecule has 1 aliphatic heterocycles. The van der Waals surface area contributed by atoms with E-state index in [4.69, 9.17) is 6.57 Å². The molecule has 0 saturated carbocycles. The molecule has 1 aromatic carbocycles. The quantitative estimate of drug-likeness (QED) is 0.646. The lowest BCUT2D eigenvalue weighted by atomic mass is 9.85. The number of H-pyrrole nitrogens is 1.